The van der Waals surface area contributed by atoms with Gasteiger partial charge in [0, 0.05) is 10.5 Å². The second kappa shape index (κ2) is 6.47. The maximum atomic E-state index is 11.4. The predicted molar refractivity (Wildman–Crippen MR) is 75.9 cm³/mol. The van der Waals surface area contributed by atoms with Gasteiger partial charge in [0.15, 0.2) is 0 Å². The highest BCUT2D eigenvalue weighted by Crippen LogP contribution is 2.33. The molecule has 94 valence electrons. The normalized spacial score (nSPS) is 10.5. The molecule has 3 nitrogen and oxygen atoms in total. The molecule has 0 heterocycles. The van der Waals surface area contributed by atoms with Crippen molar-refractivity contribution in [2.45, 2.75) is 19.9 Å². The van der Waals surface area contributed by atoms with Crippen molar-refractivity contribution in [3.05, 3.63) is 26.7 Å². The molecule has 2 N–H and O–H groups in total. The molecule has 0 aliphatic heterocycles. The van der Waals surface area contributed by atoms with Crippen LogP contribution in [0.1, 0.15) is 13.8 Å². The summed E-state index contributed by atoms with van der Waals surface area (Å²) in [6.45, 7) is 3.94. The first kappa shape index (κ1) is 14.6. The van der Waals surface area contributed by atoms with E-state index >= 15 is 0 Å². The summed E-state index contributed by atoms with van der Waals surface area (Å²) in [5, 5.41) is 6.63. The van der Waals surface area contributed by atoms with E-state index in [4.69, 9.17) is 23.2 Å². The van der Waals surface area contributed by atoms with E-state index < -0.39 is 0 Å². The van der Waals surface area contributed by atoms with E-state index in [0.717, 1.165) is 4.47 Å². The summed E-state index contributed by atoms with van der Waals surface area (Å²) in [6.07, 6.45) is 0. The fourth-order valence-corrected chi connectivity index (χ4v) is 2.59. The van der Waals surface area contributed by atoms with Crippen LogP contribution in [-0.4, -0.2) is 18.5 Å². The number of carbonyl (C=O) groups excluding carboxylic acids is 1. The van der Waals surface area contributed by atoms with E-state index in [1.807, 2.05) is 13.8 Å². The topological polar surface area (TPSA) is 41.1 Å². The first-order valence-corrected chi connectivity index (χ1v) is 6.63. The number of carbonyl (C=O) groups is 1. The highest BCUT2D eigenvalue weighted by atomic mass is 79.9. The highest BCUT2D eigenvalue weighted by molar-refractivity contribution is 9.10. The molecule has 0 unspecified atom stereocenters. The number of amides is 1. The summed E-state index contributed by atoms with van der Waals surface area (Å²) < 4.78 is 0.796. The van der Waals surface area contributed by atoms with Gasteiger partial charge in [-0.1, -0.05) is 39.1 Å². The molecule has 0 saturated heterocycles. The van der Waals surface area contributed by atoms with Crippen molar-refractivity contribution in [2.24, 2.45) is 0 Å². The minimum atomic E-state index is -0.102. The summed E-state index contributed by atoms with van der Waals surface area (Å²) in [5.74, 6) is -0.102. The Balaban J connectivity index is 2.67. The molecular formula is C11H13BrCl2N2O. The van der Waals surface area contributed by atoms with Gasteiger partial charge in [-0.15, -0.1) is 0 Å². The molecule has 0 aliphatic carbocycles. The lowest BCUT2D eigenvalue weighted by Crippen LogP contribution is -2.34. The molecule has 0 aliphatic rings. The summed E-state index contributed by atoms with van der Waals surface area (Å²) in [7, 11) is 0. The average molecular weight is 340 g/mol. The van der Waals surface area contributed by atoms with Crippen LogP contribution in [0.15, 0.2) is 16.6 Å². The zero-order valence-electron chi connectivity index (χ0n) is 9.48. The molecular weight excluding hydrogens is 327 g/mol. The van der Waals surface area contributed by atoms with E-state index in [1.54, 1.807) is 12.1 Å². The molecule has 0 fully saturated rings. The summed E-state index contributed by atoms with van der Waals surface area (Å²) in [5.41, 5.74) is 0.565. The lowest BCUT2D eigenvalue weighted by Gasteiger charge is -2.12. The third-order valence-corrected chi connectivity index (χ3v) is 2.94. The van der Waals surface area contributed by atoms with Crippen molar-refractivity contribution in [3.8, 4) is 0 Å². The van der Waals surface area contributed by atoms with Crippen LogP contribution >= 0.6 is 39.1 Å². The number of benzene rings is 1. The Morgan fingerprint density at radius 3 is 2.35 bits per heavy atom. The second-order valence-corrected chi connectivity index (χ2v) is 5.55. The molecule has 0 bridgehead atoms. The first-order chi connectivity index (χ1) is 7.90. The van der Waals surface area contributed by atoms with E-state index in [2.05, 4.69) is 26.6 Å². The average Bonchev–Trinajstić information content (AvgIpc) is 2.14. The van der Waals surface area contributed by atoms with Crippen LogP contribution in [0.2, 0.25) is 10.0 Å². The lowest BCUT2D eigenvalue weighted by atomic mass is 10.3. The summed E-state index contributed by atoms with van der Waals surface area (Å²) >= 11 is 15.3. The molecule has 1 amide bonds. The van der Waals surface area contributed by atoms with Gasteiger partial charge >= 0.3 is 0 Å². The van der Waals surface area contributed by atoms with E-state index in [1.165, 1.54) is 0 Å². The van der Waals surface area contributed by atoms with Crippen molar-refractivity contribution < 1.29 is 4.79 Å². The highest BCUT2D eigenvalue weighted by Gasteiger charge is 2.09. The van der Waals surface area contributed by atoms with Gasteiger partial charge < -0.3 is 10.6 Å². The Hall–Kier alpha value is -0.450. The number of rotatable bonds is 4. The smallest absolute Gasteiger partial charge is 0.239 e. The fraction of sp³-hybridized carbons (Fsp3) is 0.364. The molecule has 1 aromatic rings. The van der Waals surface area contributed by atoms with Crippen molar-refractivity contribution in [1.82, 2.24) is 5.32 Å². The Morgan fingerprint density at radius 1 is 1.35 bits per heavy atom. The van der Waals surface area contributed by atoms with Crippen LogP contribution in [0.3, 0.4) is 0 Å². The van der Waals surface area contributed by atoms with Crippen LogP contribution in [-0.2, 0) is 4.79 Å². The zero-order chi connectivity index (χ0) is 13.0. The Labute approximate surface area is 119 Å². The van der Waals surface area contributed by atoms with Gasteiger partial charge in [0.1, 0.15) is 0 Å². The second-order valence-electron chi connectivity index (χ2n) is 3.82. The molecule has 0 saturated carbocycles. The van der Waals surface area contributed by atoms with Gasteiger partial charge in [-0.3, -0.25) is 4.79 Å². The molecule has 1 aromatic carbocycles. The molecule has 0 aromatic heterocycles. The van der Waals surface area contributed by atoms with Gasteiger partial charge in [-0.25, -0.2) is 0 Å². The SMILES string of the molecule is CC(C)NC(=O)CNc1c(Cl)cc(Br)cc1Cl. The molecule has 0 spiro atoms. The van der Waals surface area contributed by atoms with Crippen LogP contribution in [0.5, 0.6) is 0 Å². The Morgan fingerprint density at radius 2 is 1.88 bits per heavy atom. The van der Waals surface area contributed by atoms with Crippen molar-refractivity contribution >= 4 is 50.7 Å². The Kier molecular flexibility index (Phi) is 5.56. The van der Waals surface area contributed by atoms with E-state index in [0.29, 0.717) is 15.7 Å². The monoisotopic (exact) mass is 338 g/mol. The predicted octanol–water partition coefficient (Wildman–Crippen LogP) is 3.69. The lowest BCUT2D eigenvalue weighted by molar-refractivity contribution is -0.119. The minimum Gasteiger partial charge on any atom is -0.374 e. The van der Waals surface area contributed by atoms with Crippen LogP contribution in [0.25, 0.3) is 0 Å². The van der Waals surface area contributed by atoms with Gasteiger partial charge in [0.2, 0.25) is 5.91 Å². The van der Waals surface area contributed by atoms with Crippen molar-refractivity contribution in [2.75, 3.05) is 11.9 Å². The summed E-state index contributed by atoms with van der Waals surface area (Å²) in [4.78, 5) is 11.4. The minimum absolute atomic E-state index is 0.102. The molecule has 6 heteroatoms. The van der Waals surface area contributed by atoms with Crippen LogP contribution < -0.4 is 10.6 Å². The number of halogens is 3. The number of nitrogens with one attached hydrogen (secondary N) is 2. The number of anilines is 1. The molecule has 1 rings (SSSR count). The largest absolute Gasteiger partial charge is 0.374 e. The molecule has 0 atom stereocenters. The van der Waals surface area contributed by atoms with E-state index in [-0.39, 0.29) is 18.5 Å². The van der Waals surface area contributed by atoms with E-state index in [9.17, 15) is 4.79 Å². The van der Waals surface area contributed by atoms with Gasteiger partial charge in [0.25, 0.3) is 0 Å². The van der Waals surface area contributed by atoms with Crippen LogP contribution in [0.4, 0.5) is 5.69 Å². The van der Waals surface area contributed by atoms with Gasteiger partial charge in [0.05, 0.1) is 22.3 Å². The fourth-order valence-electron chi connectivity index (χ4n) is 1.25. The van der Waals surface area contributed by atoms with Gasteiger partial charge in [-0.2, -0.15) is 0 Å². The van der Waals surface area contributed by atoms with Crippen molar-refractivity contribution in [1.29, 1.82) is 0 Å². The summed E-state index contributed by atoms with van der Waals surface area (Å²) in [6, 6.07) is 3.55. The maximum absolute atomic E-state index is 11.4. The standard InChI is InChI=1S/C11H13BrCl2N2O/c1-6(2)16-10(17)5-15-11-8(13)3-7(12)4-9(11)14/h3-4,6,15H,5H2,1-2H3,(H,16,17). The quantitative estimate of drug-likeness (QED) is 0.878. The number of hydrogen-bond acceptors (Lipinski definition) is 2. The third-order valence-electron chi connectivity index (χ3n) is 1.88. The Bertz CT molecular complexity index is 401. The van der Waals surface area contributed by atoms with Gasteiger partial charge in [-0.05, 0) is 26.0 Å². The third kappa shape index (κ3) is 4.74. The molecule has 17 heavy (non-hydrogen) atoms. The first-order valence-electron chi connectivity index (χ1n) is 5.08. The van der Waals surface area contributed by atoms with Crippen molar-refractivity contribution in [3.63, 3.8) is 0 Å². The number of hydrogen-bond donors (Lipinski definition) is 2. The molecule has 0 radical (unpaired) electrons. The van der Waals surface area contributed by atoms with Crippen LogP contribution in [0, 0.1) is 0 Å². The maximum Gasteiger partial charge on any atom is 0.239 e. The zero-order valence-corrected chi connectivity index (χ0v) is 12.6.